The molecule has 1 fully saturated rings. The number of pyridine rings is 1. The average molecular weight is 231 g/mol. The Morgan fingerprint density at radius 3 is 2.65 bits per heavy atom. The Bertz CT molecular complexity index is 452. The molecule has 4 heteroatoms. The number of piperidine rings is 1. The van der Waals surface area contributed by atoms with Crippen molar-refractivity contribution in [1.29, 1.82) is 5.26 Å². The minimum atomic E-state index is -0.576. The number of aryl methyl sites for hydroxylation is 1. The molecule has 1 aromatic rings. The van der Waals surface area contributed by atoms with E-state index in [1.165, 1.54) is 0 Å². The molecule has 0 spiro atoms. The van der Waals surface area contributed by atoms with E-state index in [9.17, 15) is 5.11 Å². The maximum absolute atomic E-state index is 9.91. The van der Waals surface area contributed by atoms with Gasteiger partial charge in [0.1, 0.15) is 11.9 Å². The van der Waals surface area contributed by atoms with Crippen molar-refractivity contribution in [1.82, 2.24) is 4.98 Å². The van der Waals surface area contributed by atoms with E-state index < -0.39 is 5.60 Å². The molecule has 0 bridgehead atoms. The summed E-state index contributed by atoms with van der Waals surface area (Å²) in [6.45, 7) is 5.28. The summed E-state index contributed by atoms with van der Waals surface area (Å²) < 4.78 is 0. The first-order valence-corrected chi connectivity index (χ1v) is 5.87. The molecule has 1 aliphatic rings. The molecule has 0 aromatic carbocycles. The second kappa shape index (κ2) is 4.34. The molecule has 1 aromatic heterocycles. The lowest BCUT2D eigenvalue weighted by molar-refractivity contribution is 0.0350. The molecule has 0 unspecified atom stereocenters. The number of nitriles is 1. The lowest BCUT2D eigenvalue weighted by Gasteiger charge is -2.36. The summed E-state index contributed by atoms with van der Waals surface area (Å²) in [5.74, 6) is 0.753. The molecule has 0 atom stereocenters. The zero-order chi connectivity index (χ0) is 12.5. The number of hydrogen-bond donors (Lipinski definition) is 1. The predicted molar refractivity (Wildman–Crippen MR) is 65.8 cm³/mol. The van der Waals surface area contributed by atoms with E-state index in [1.54, 1.807) is 0 Å². The first-order chi connectivity index (χ1) is 8.02. The Labute approximate surface area is 102 Å². The van der Waals surface area contributed by atoms with Crippen molar-refractivity contribution < 1.29 is 5.11 Å². The third-order valence-corrected chi connectivity index (χ3v) is 3.27. The lowest BCUT2D eigenvalue weighted by Crippen LogP contribution is -2.43. The van der Waals surface area contributed by atoms with Gasteiger partial charge in [-0.25, -0.2) is 4.98 Å². The van der Waals surface area contributed by atoms with Crippen molar-refractivity contribution in [2.24, 2.45) is 0 Å². The molecular weight excluding hydrogens is 214 g/mol. The van der Waals surface area contributed by atoms with Crippen molar-refractivity contribution in [2.45, 2.75) is 32.3 Å². The van der Waals surface area contributed by atoms with E-state index in [-0.39, 0.29) is 0 Å². The van der Waals surface area contributed by atoms with Gasteiger partial charge < -0.3 is 10.0 Å². The number of anilines is 1. The highest BCUT2D eigenvalue weighted by atomic mass is 16.3. The Hall–Kier alpha value is -1.60. The maximum Gasteiger partial charge on any atom is 0.146 e. The fraction of sp³-hybridized carbons (Fsp3) is 0.538. The largest absolute Gasteiger partial charge is 0.390 e. The zero-order valence-electron chi connectivity index (χ0n) is 10.3. The highest BCUT2D eigenvalue weighted by Crippen LogP contribution is 2.26. The van der Waals surface area contributed by atoms with Gasteiger partial charge in [0, 0.05) is 18.8 Å². The first kappa shape index (κ1) is 11.9. The van der Waals surface area contributed by atoms with E-state index in [2.05, 4.69) is 16.0 Å². The van der Waals surface area contributed by atoms with Gasteiger partial charge in [0.05, 0.1) is 11.2 Å². The summed E-state index contributed by atoms with van der Waals surface area (Å²) in [6.07, 6.45) is 1.43. The van der Waals surface area contributed by atoms with E-state index in [4.69, 9.17) is 5.26 Å². The zero-order valence-corrected chi connectivity index (χ0v) is 10.3. The van der Waals surface area contributed by atoms with Gasteiger partial charge in [-0.1, -0.05) is 0 Å². The van der Waals surface area contributed by atoms with Crippen LogP contribution in [0, 0.1) is 18.3 Å². The number of nitrogens with zero attached hydrogens (tertiary/aromatic N) is 3. The molecule has 0 amide bonds. The normalized spacial score (nSPS) is 18.8. The third-order valence-electron chi connectivity index (χ3n) is 3.27. The van der Waals surface area contributed by atoms with Crippen molar-refractivity contribution >= 4 is 5.82 Å². The number of rotatable bonds is 1. The Kier molecular flexibility index (Phi) is 3.03. The smallest absolute Gasteiger partial charge is 0.146 e. The quantitative estimate of drug-likeness (QED) is 0.797. The molecule has 90 valence electrons. The summed E-state index contributed by atoms with van der Waals surface area (Å²) in [7, 11) is 0. The molecule has 17 heavy (non-hydrogen) atoms. The van der Waals surface area contributed by atoms with Crippen LogP contribution in [0.4, 0.5) is 5.82 Å². The molecular formula is C13H17N3O. The van der Waals surface area contributed by atoms with Gasteiger partial charge in [-0.3, -0.25) is 0 Å². The van der Waals surface area contributed by atoms with Crippen molar-refractivity contribution in [3.63, 3.8) is 0 Å². The molecule has 2 heterocycles. The van der Waals surface area contributed by atoms with Gasteiger partial charge in [-0.2, -0.15) is 5.26 Å². The minimum Gasteiger partial charge on any atom is -0.390 e. The standard InChI is InChI=1S/C13H17N3O/c1-10-3-4-11(9-14)12(15-10)16-7-5-13(2,17)6-8-16/h3-4,17H,5-8H2,1-2H3. The molecule has 0 aliphatic carbocycles. The predicted octanol–water partition coefficient (Wildman–Crippen LogP) is 1.61. The summed E-state index contributed by atoms with van der Waals surface area (Å²) in [5, 5.41) is 19.0. The SMILES string of the molecule is Cc1ccc(C#N)c(N2CCC(C)(O)CC2)n1. The first-order valence-electron chi connectivity index (χ1n) is 5.87. The summed E-state index contributed by atoms with van der Waals surface area (Å²) >= 11 is 0. The fourth-order valence-corrected chi connectivity index (χ4v) is 2.07. The van der Waals surface area contributed by atoms with Crippen LogP contribution in [-0.4, -0.2) is 28.8 Å². The van der Waals surface area contributed by atoms with Gasteiger partial charge in [0.15, 0.2) is 0 Å². The van der Waals surface area contributed by atoms with Gasteiger partial charge in [0.2, 0.25) is 0 Å². The molecule has 1 aliphatic heterocycles. The fourth-order valence-electron chi connectivity index (χ4n) is 2.07. The monoisotopic (exact) mass is 231 g/mol. The lowest BCUT2D eigenvalue weighted by atomic mass is 9.93. The van der Waals surface area contributed by atoms with Gasteiger partial charge in [-0.15, -0.1) is 0 Å². The molecule has 2 rings (SSSR count). The maximum atomic E-state index is 9.91. The highest BCUT2D eigenvalue weighted by Gasteiger charge is 2.28. The second-order valence-electron chi connectivity index (χ2n) is 4.92. The Morgan fingerprint density at radius 1 is 1.41 bits per heavy atom. The van der Waals surface area contributed by atoms with Crippen LogP contribution in [0.3, 0.4) is 0 Å². The summed E-state index contributed by atoms with van der Waals surface area (Å²) in [5.41, 5.74) is 0.945. The number of aromatic nitrogens is 1. The van der Waals surface area contributed by atoms with Crippen molar-refractivity contribution in [3.05, 3.63) is 23.4 Å². The van der Waals surface area contributed by atoms with Gasteiger partial charge in [-0.05, 0) is 38.8 Å². The van der Waals surface area contributed by atoms with Gasteiger partial charge >= 0.3 is 0 Å². The van der Waals surface area contributed by atoms with Crippen LogP contribution in [-0.2, 0) is 0 Å². The molecule has 0 radical (unpaired) electrons. The van der Waals surface area contributed by atoms with Crippen molar-refractivity contribution in [3.8, 4) is 6.07 Å². The molecule has 1 N–H and O–H groups in total. The van der Waals surface area contributed by atoms with Crippen LogP contribution in [0.2, 0.25) is 0 Å². The van der Waals surface area contributed by atoms with Crippen LogP contribution < -0.4 is 4.90 Å². The van der Waals surface area contributed by atoms with Crippen LogP contribution in [0.15, 0.2) is 12.1 Å². The number of hydrogen-bond acceptors (Lipinski definition) is 4. The van der Waals surface area contributed by atoms with E-state index >= 15 is 0 Å². The topological polar surface area (TPSA) is 60.2 Å². The molecule has 0 saturated carbocycles. The summed E-state index contributed by atoms with van der Waals surface area (Å²) in [6, 6.07) is 5.83. The Balaban J connectivity index is 2.24. The summed E-state index contributed by atoms with van der Waals surface area (Å²) in [4.78, 5) is 6.52. The second-order valence-corrected chi connectivity index (χ2v) is 4.92. The third kappa shape index (κ3) is 2.56. The van der Waals surface area contributed by atoms with Crippen LogP contribution in [0.1, 0.15) is 31.0 Å². The number of aliphatic hydroxyl groups is 1. The van der Waals surface area contributed by atoms with Crippen LogP contribution in [0.5, 0.6) is 0 Å². The van der Waals surface area contributed by atoms with E-state index in [0.717, 1.165) is 24.6 Å². The van der Waals surface area contributed by atoms with Crippen LogP contribution in [0.25, 0.3) is 0 Å². The highest BCUT2D eigenvalue weighted by molar-refractivity contribution is 5.54. The molecule has 1 saturated heterocycles. The van der Waals surface area contributed by atoms with Crippen LogP contribution >= 0.6 is 0 Å². The average Bonchev–Trinajstić information content (AvgIpc) is 2.29. The van der Waals surface area contributed by atoms with Gasteiger partial charge in [0.25, 0.3) is 0 Å². The van der Waals surface area contributed by atoms with E-state index in [0.29, 0.717) is 18.4 Å². The minimum absolute atomic E-state index is 0.576. The van der Waals surface area contributed by atoms with E-state index in [1.807, 2.05) is 26.0 Å². The molecule has 4 nitrogen and oxygen atoms in total. The Morgan fingerprint density at radius 2 is 2.06 bits per heavy atom. The van der Waals surface area contributed by atoms with Crippen molar-refractivity contribution in [2.75, 3.05) is 18.0 Å².